The highest BCUT2D eigenvalue weighted by Gasteiger charge is 2.21. The summed E-state index contributed by atoms with van der Waals surface area (Å²) in [5, 5.41) is 15.1. The molecule has 1 aromatic rings. The van der Waals surface area contributed by atoms with Crippen molar-refractivity contribution in [1.29, 1.82) is 0 Å². The van der Waals surface area contributed by atoms with E-state index in [0.717, 1.165) is 0 Å². The van der Waals surface area contributed by atoms with Gasteiger partial charge in [-0.3, -0.25) is 0 Å². The number of para-hydroxylation sites is 1. The Balaban J connectivity index is 2.67. The maximum Gasteiger partial charge on any atom is 0.319 e. The Hall–Kier alpha value is -1.99. The van der Waals surface area contributed by atoms with Crippen LogP contribution in [0.1, 0.15) is 6.92 Å². The van der Waals surface area contributed by atoms with Gasteiger partial charge >= 0.3 is 6.03 Å². The molecule has 0 unspecified atom stereocenters. The highest BCUT2D eigenvalue weighted by atomic mass is 16.5. The molecule has 0 aliphatic rings. The Morgan fingerprint density at radius 1 is 1.29 bits per heavy atom. The van der Waals surface area contributed by atoms with E-state index in [0.29, 0.717) is 17.2 Å². The van der Waals surface area contributed by atoms with E-state index in [1.165, 1.54) is 21.3 Å². The number of benzene rings is 1. The molecule has 1 rings (SSSR count). The Morgan fingerprint density at radius 3 is 2.57 bits per heavy atom. The topological polar surface area (TPSA) is 89.1 Å². The van der Waals surface area contributed by atoms with Crippen molar-refractivity contribution < 1.29 is 24.1 Å². The highest BCUT2D eigenvalue weighted by Crippen LogP contribution is 2.34. The number of aliphatic hydroxyl groups is 1. The van der Waals surface area contributed by atoms with Gasteiger partial charge < -0.3 is 30.0 Å². The van der Waals surface area contributed by atoms with Crippen LogP contribution in [-0.2, 0) is 4.74 Å². The van der Waals surface area contributed by atoms with Crippen LogP contribution in [0, 0.1) is 0 Å². The first-order valence-electron chi connectivity index (χ1n) is 6.40. The number of amides is 2. The van der Waals surface area contributed by atoms with Gasteiger partial charge in [0.15, 0.2) is 11.5 Å². The summed E-state index contributed by atoms with van der Waals surface area (Å²) in [7, 11) is 4.49. The fraction of sp³-hybridized carbons (Fsp3) is 0.500. The van der Waals surface area contributed by atoms with E-state index in [4.69, 9.17) is 14.2 Å². The minimum absolute atomic E-state index is 0.0545. The van der Waals surface area contributed by atoms with E-state index in [-0.39, 0.29) is 13.2 Å². The predicted octanol–water partition coefficient (Wildman–Crippen LogP) is 1.22. The summed E-state index contributed by atoms with van der Waals surface area (Å²) in [6.45, 7) is 1.75. The number of carbonyl (C=O) groups excluding carboxylic acids is 1. The number of rotatable bonds is 7. The van der Waals surface area contributed by atoms with Crippen LogP contribution in [0.3, 0.4) is 0 Å². The number of urea groups is 1. The Kier molecular flexibility index (Phi) is 6.26. The van der Waals surface area contributed by atoms with Gasteiger partial charge in [0.05, 0.1) is 33.1 Å². The van der Waals surface area contributed by atoms with Gasteiger partial charge in [0.1, 0.15) is 5.60 Å². The molecule has 0 saturated carbocycles. The number of nitrogens with one attached hydrogen (secondary N) is 2. The van der Waals surface area contributed by atoms with Crippen LogP contribution >= 0.6 is 0 Å². The monoisotopic (exact) mass is 298 g/mol. The molecule has 0 fully saturated rings. The minimum Gasteiger partial charge on any atom is -0.493 e. The molecule has 0 saturated heterocycles. The molecular weight excluding hydrogens is 276 g/mol. The van der Waals surface area contributed by atoms with Crippen molar-refractivity contribution >= 4 is 11.7 Å². The van der Waals surface area contributed by atoms with E-state index in [1.807, 2.05) is 0 Å². The van der Waals surface area contributed by atoms with Gasteiger partial charge in [-0.05, 0) is 19.1 Å². The molecule has 0 heterocycles. The van der Waals surface area contributed by atoms with Crippen molar-refractivity contribution in [2.45, 2.75) is 12.5 Å². The van der Waals surface area contributed by atoms with E-state index in [2.05, 4.69) is 10.6 Å². The van der Waals surface area contributed by atoms with Crippen molar-refractivity contribution in [3.8, 4) is 11.5 Å². The average molecular weight is 298 g/mol. The molecule has 0 radical (unpaired) electrons. The fourth-order valence-electron chi connectivity index (χ4n) is 1.78. The van der Waals surface area contributed by atoms with Gasteiger partial charge in [0.25, 0.3) is 0 Å². The number of carbonyl (C=O) groups is 1. The molecule has 3 N–H and O–H groups in total. The minimum atomic E-state index is -1.13. The van der Waals surface area contributed by atoms with Gasteiger partial charge in [-0.2, -0.15) is 0 Å². The molecule has 0 aliphatic carbocycles. The molecule has 1 atom stereocenters. The Labute approximate surface area is 124 Å². The standard InChI is InChI=1S/C14H22N2O5/c1-14(18,9-19-2)8-15-13(17)16-10-6-5-7-11(20-3)12(10)21-4/h5-7,18H,8-9H2,1-4H3,(H2,15,16,17)/t14-/m0/s1. The van der Waals surface area contributed by atoms with Gasteiger partial charge in [-0.15, -0.1) is 0 Å². The third-order valence-corrected chi connectivity index (χ3v) is 2.74. The van der Waals surface area contributed by atoms with E-state index in [9.17, 15) is 9.90 Å². The lowest BCUT2D eigenvalue weighted by Gasteiger charge is -2.22. The van der Waals surface area contributed by atoms with Gasteiger partial charge in [-0.25, -0.2) is 4.79 Å². The molecule has 7 nitrogen and oxygen atoms in total. The largest absolute Gasteiger partial charge is 0.493 e. The molecule has 21 heavy (non-hydrogen) atoms. The number of anilines is 1. The fourth-order valence-corrected chi connectivity index (χ4v) is 1.78. The number of ether oxygens (including phenoxy) is 3. The molecule has 2 amide bonds. The quantitative estimate of drug-likeness (QED) is 0.704. The van der Waals surface area contributed by atoms with Crippen LogP contribution in [0.2, 0.25) is 0 Å². The van der Waals surface area contributed by atoms with Crippen molar-refractivity contribution in [2.75, 3.05) is 39.8 Å². The highest BCUT2D eigenvalue weighted by molar-refractivity contribution is 5.91. The second-order valence-corrected chi connectivity index (χ2v) is 4.78. The third-order valence-electron chi connectivity index (χ3n) is 2.74. The zero-order valence-electron chi connectivity index (χ0n) is 12.7. The molecule has 1 aromatic carbocycles. The molecule has 7 heteroatoms. The van der Waals surface area contributed by atoms with Crippen LogP contribution in [0.15, 0.2) is 18.2 Å². The van der Waals surface area contributed by atoms with Gasteiger partial charge in [0.2, 0.25) is 0 Å². The summed E-state index contributed by atoms with van der Waals surface area (Å²) in [6.07, 6.45) is 0. The second-order valence-electron chi connectivity index (χ2n) is 4.78. The second kappa shape index (κ2) is 7.70. The molecule has 118 valence electrons. The van der Waals surface area contributed by atoms with E-state index < -0.39 is 11.6 Å². The van der Waals surface area contributed by atoms with Crippen LogP contribution in [0.25, 0.3) is 0 Å². The summed E-state index contributed by atoms with van der Waals surface area (Å²) in [5.41, 5.74) is -0.661. The smallest absolute Gasteiger partial charge is 0.319 e. The lowest BCUT2D eigenvalue weighted by molar-refractivity contribution is -0.0133. The van der Waals surface area contributed by atoms with Crippen LogP contribution in [-0.4, -0.2) is 51.2 Å². The SMILES string of the molecule is COC[C@@](C)(O)CNC(=O)Nc1cccc(OC)c1OC. The molecule has 0 spiro atoms. The maximum atomic E-state index is 11.9. The van der Waals surface area contributed by atoms with Crippen LogP contribution in [0.4, 0.5) is 10.5 Å². The predicted molar refractivity (Wildman–Crippen MR) is 79.1 cm³/mol. The summed E-state index contributed by atoms with van der Waals surface area (Å²) < 4.78 is 15.2. The first kappa shape index (κ1) is 17.1. The average Bonchev–Trinajstić information content (AvgIpc) is 2.45. The van der Waals surface area contributed by atoms with E-state index >= 15 is 0 Å². The van der Waals surface area contributed by atoms with Crippen LogP contribution < -0.4 is 20.1 Å². The zero-order valence-corrected chi connectivity index (χ0v) is 12.7. The maximum absolute atomic E-state index is 11.9. The third kappa shape index (κ3) is 5.13. The summed E-state index contributed by atoms with van der Waals surface area (Å²) in [5.74, 6) is 0.945. The Morgan fingerprint density at radius 2 is 2.00 bits per heavy atom. The van der Waals surface area contributed by atoms with Crippen molar-refractivity contribution in [3.05, 3.63) is 18.2 Å². The number of hydrogen-bond donors (Lipinski definition) is 3. The first-order valence-corrected chi connectivity index (χ1v) is 6.40. The zero-order chi connectivity index (χ0) is 15.9. The van der Waals surface area contributed by atoms with Gasteiger partial charge in [-0.1, -0.05) is 6.07 Å². The van der Waals surface area contributed by atoms with Crippen molar-refractivity contribution in [3.63, 3.8) is 0 Å². The summed E-state index contributed by atoms with van der Waals surface area (Å²) in [6, 6.07) is 4.69. The summed E-state index contributed by atoms with van der Waals surface area (Å²) in [4.78, 5) is 11.9. The Bertz CT molecular complexity index is 476. The lowest BCUT2D eigenvalue weighted by Crippen LogP contribution is -2.45. The lowest BCUT2D eigenvalue weighted by atomic mass is 10.1. The van der Waals surface area contributed by atoms with Crippen molar-refractivity contribution in [2.24, 2.45) is 0 Å². The molecule has 0 aromatic heterocycles. The first-order chi connectivity index (χ1) is 9.93. The van der Waals surface area contributed by atoms with Crippen LogP contribution in [0.5, 0.6) is 11.5 Å². The summed E-state index contributed by atoms with van der Waals surface area (Å²) >= 11 is 0. The molecule has 0 aliphatic heterocycles. The number of methoxy groups -OCH3 is 3. The number of hydrogen-bond acceptors (Lipinski definition) is 5. The van der Waals surface area contributed by atoms with Gasteiger partial charge in [0, 0.05) is 7.11 Å². The van der Waals surface area contributed by atoms with Crippen molar-refractivity contribution in [1.82, 2.24) is 5.32 Å². The normalized spacial score (nSPS) is 13.2. The molecular formula is C14H22N2O5. The van der Waals surface area contributed by atoms with E-state index in [1.54, 1.807) is 25.1 Å². The molecule has 0 bridgehead atoms.